The van der Waals surface area contributed by atoms with Crippen molar-refractivity contribution in [3.8, 4) is 22.3 Å². The third-order valence-electron chi connectivity index (χ3n) is 15.5. The largest absolute Gasteiger partial charge is 0.310 e. The molecule has 0 amide bonds. The Bertz CT molecular complexity index is 3100. The molecule has 0 spiro atoms. The first-order chi connectivity index (χ1) is 31.5. The van der Waals surface area contributed by atoms with E-state index in [0.29, 0.717) is 0 Å². The summed E-state index contributed by atoms with van der Waals surface area (Å²) in [6.45, 7) is 9.38. The van der Waals surface area contributed by atoms with Crippen LogP contribution in [0.3, 0.4) is 0 Å². The van der Waals surface area contributed by atoms with Crippen LogP contribution >= 0.6 is 0 Å². The van der Waals surface area contributed by atoms with Crippen LogP contribution in [0, 0.1) is 0 Å². The van der Waals surface area contributed by atoms with E-state index in [1.54, 1.807) is 0 Å². The Kier molecular flexibility index (Phi) is 8.85. The molecule has 0 heterocycles. The monoisotopic (exact) mass is 824 g/mol. The molecule has 12 rings (SSSR count). The number of hydrogen-bond acceptors (Lipinski definition) is 2. The summed E-state index contributed by atoms with van der Waals surface area (Å²) in [7, 11) is 0. The highest BCUT2D eigenvalue weighted by atomic mass is 15.1. The van der Waals surface area contributed by atoms with E-state index in [0.717, 1.165) is 48.4 Å². The SMILES string of the molecule is CCC1(CC)c2ccccc2-c2cc(N(c3ccccc3)c3cc4ccc5cc(N(c6ccccc6)c6ccc7c(c6)-c6ccccc6C7(CC)CC)cc6ccc(c3)c4c56)ccc21. The van der Waals surface area contributed by atoms with Crippen molar-refractivity contribution in [2.45, 2.75) is 64.2 Å². The maximum Gasteiger partial charge on any atom is 0.0473 e. The first-order valence-electron chi connectivity index (χ1n) is 23.4. The van der Waals surface area contributed by atoms with E-state index in [2.05, 4.69) is 232 Å². The fourth-order valence-corrected chi connectivity index (χ4v) is 12.3. The van der Waals surface area contributed by atoms with Crippen LogP contribution in [0.4, 0.5) is 34.1 Å². The van der Waals surface area contributed by atoms with E-state index < -0.39 is 0 Å². The highest BCUT2D eigenvalue weighted by molar-refractivity contribution is 6.24. The van der Waals surface area contributed by atoms with Crippen molar-refractivity contribution in [3.63, 3.8) is 0 Å². The van der Waals surface area contributed by atoms with Crippen molar-refractivity contribution >= 4 is 66.4 Å². The van der Waals surface area contributed by atoms with Crippen molar-refractivity contribution in [3.05, 3.63) is 216 Å². The second kappa shape index (κ2) is 14.7. The second-order valence-corrected chi connectivity index (χ2v) is 18.1. The molecule has 0 unspecified atom stereocenters. The van der Waals surface area contributed by atoms with Gasteiger partial charge in [-0.2, -0.15) is 0 Å². The van der Waals surface area contributed by atoms with E-state index in [-0.39, 0.29) is 10.8 Å². The summed E-state index contributed by atoms with van der Waals surface area (Å²) in [5, 5.41) is 7.60. The first-order valence-corrected chi connectivity index (χ1v) is 23.4. The molecule has 10 aromatic carbocycles. The lowest BCUT2D eigenvalue weighted by atomic mass is 9.74. The number of para-hydroxylation sites is 2. The van der Waals surface area contributed by atoms with Gasteiger partial charge in [-0.3, -0.25) is 0 Å². The van der Waals surface area contributed by atoms with Gasteiger partial charge in [-0.1, -0.05) is 149 Å². The molecule has 0 bridgehead atoms. The van der Waals surface area contributed by atoms with Crippen LogP contribution in [-0.2, 0) is 10.8 Å². The highest BCUT2D eigenvalue weighted by Gasteiger charge is 2.42. The lowest BCUT2D eigenvalue weighted by molar-refractivity contribution is 0.490. The molecule has 2 aliphatic rings. The molecule has 2 aliphatic carbocycles. The summed E-state index contributed by atoms with van der Waals surface area (Å²) in [5.74, 6) is 0. The number of anilines is 6. The molecule has 0 atom stereocenters. The molecule has 64 heavy (non-hydrogen) atoms. The highest BCUT2D eigenvalue weighted by Crippen LogP contribution is 2.56. The first kappa shape index (κ1) is 38.5. The Hall–Kier alpha value is -7.16. The molecule has 310 valence electrons. The summed E-state index contributed by atoms with van der Waals surface area (Å²) in [5.41, 5.74) is 18.3. The Morgan fingerprint density at radius 1 is 0.281 bits per heavy atom. The van der Waals surface area contributed by atoms with Gasteiger partial charge in [0, 0.05) is 45.0 Å². The van der Waals surface area contributed by atoms with E-state index >= 15 is 0 Å². The zero-order valence-electron chi connectivity index (χ0n) is 37.2. The molecule has 0 aromatic heterocycles. The lowest BCUT2D eigenvalue weighted by Crippen LogP contribution is -2.23. The van der Waals surface area contributed by atoms with Gasteiger partial charge in [0.25, 0.3) is 0 Å². The van der Waals surface area contributed by atoms with Crippen LogP contribution in [0.5, 0.6) is 0 Å². The van der Waals surface area contributed by atoms with Crippen LogP contribution in [0.1, 0.15) is 75.6 Å². The van der Waals surface area contributed by atoms with Gasteiger partial charge in [-0.05, 0) is 175 Å². The van der Waals surface area contributed by atoms with Gasteiger partial charge < -0.3 is 9.80 Å². The Labute approximate surface area is 377 Å². The van der Waals surface area contributed by atoms with Crippen molar-refractivity contribution in [1.82, 2.24) is 0 Å². The number of fused-ring (bicyclic) bond motifs is 6. The average molecular weight is 825 g/mol. The summed E-state index contributed by atoms with van der Waals surface area (Å²) < 4.78 is 0. The normalized spacial score (nSPS) is 14.1. The molecule has 0 saturated heterocycles. The fraction of sp³-hybridized carbons (Fsp3) is 0.161. The molecule has 10 aromatic rings. The third-order valence-corrected chi connectivity index (χ3v) is 15.5. The number of hydrogen-bond donors (Lipinski definition) is 0. The van der Waals surface area contributed by atoms with Gasteiger partial charge in [0.1, 0.15) is 0 Å². The molecule has 0 N–H and O–H groups in total. The predicted molar refractivity (Wildman–Crippen MR) is 273 cm³/mol. The van der Waals surface area contributed by atoms with E-state index in [1.807, 2.05) is 0 Å². The summed E-state index contributed by atoms with van der Waals surface area (Å²) in [6, 6.07) is 73.3. The molecule has 0 fully saturated rings. The van der Waals surface area contributed by atoms with E-state index in [1.165, 1.54) is 88.2 Å². The molecule has 0 radical (unpaired) electrons. The van der Waals surface area contributed by atoms with Crippen LogP contribution in [-0.4, -0.2) is 0 Å². The summed E-state index contributed by atoms with van der Waals surface area (Å²) in [6.07, 6.45) is 4.33. The maximum atomic E-state index is 2.45. The Morgan fingerprint density at radius 3 is 0.969 bits per heavy atom. The van der Waals surface area contributed by atoms with Crippen molar-refractivity contribution in [2.24, 2.45) is 0 Å². The zero-order valence-corrected chi connectivity index (χ0v) is 37.2. The third kappa shape index (κ3) is 5.45. The number of benzene rings is 10. The van der Waals surface area contributed by atoms with Gasteiger partial charge in [0.2, 0.25) is 0 Å². The average Bonchev–Trinajstić information content (AvgIpc) is 3.80. The van der Waals surface area contributed by atoms with E-state index in [9.17, 15) is 0 Å². The quantitative estimate of drug-likeness (QED) is 0.127. The van der Waals surface area contributed by atoms with Crippen molar-refractivity contribution in [1.29, 1.82) is 0 Å². The smallest absolute Gasteiger partial charge is 0.0473 e. The van der Waals surface area contributed by atoms with Gasteiger partial charge in [-0.25, -0.2) is 0 Å². The second-order valence-electron chi connectivity index (χ2n) is 18.1. The minimum absolute atomic E-state index is 0.0421. The minimum atomic E-state index is 0.0421. The van der Waals surface area contributed by atoms with Crippen LogP contribution in [0.15, 0.2) is 194 Å². The van der Waals surface area contributed by atoms with Crippen LogP contribution < -0.4 is 9.80 Å². The Balaban J connectivity index is 0.997. The van der Waals surface area contributed by atoms with Gasteiger partial charge in [0.15, 0.2) is 0 Å². The standard InChI is InChI=1S/C62H52N2/c1-5-61(6-2)55-25-17-15-23-51(55)53-39-47(31-33-57(53)61)63(45-19-11-9-12-20-45)49-35-41-27-29-43-37-50(38-44-30-28-42(36-49)59(41)60(43)44)64(46-21-13-10-14-22-46)48-32-34-58-54(40-48)52-24-16-18-26-56(52)62(58,7-3)8-4/h9-40H,5-8H2,1-4H3. The zero-order chi connectivity index (χ0) is 43.2. The van der Waals surface area contributed by atoms with E-state index in [4.69, 9.17) is 0 Å². The topological polar surface area (TPSA) is 6.48 Å². The van der Waals surface area contributed by atoms with Crippen LogP contribution in [0.2, 0.25) is 0 Å². The number of rotatable bonds is 10. The summed E-state index contributed by atoms with van der Waals surface area (Å²) >= 11 is 0. The molecular formula is C62H52N2. The minimum Gasteiger partial charge on any atom is -0.310 e. The Morgan fingerprint density at radius 2 is 0.609 bits per heavy atom. The fourth-order valence-electron chi connectivity index (χ4n) is 12.3. The lowest BCUT2D eigenvalue weighted by Gasteiger charge is -2.31. The van der Waals surface area contributed by atoms with Gasteiger partial charge in [0.05, 0.1) is 0 Å². The van der Waals surface area contributed by atoms with Crippen LogP contribution in [0.25, 0.3) is 54.6 Å². The molecule has 0 aliphatic heterocycles. The predicted octanol–water partition coefficient (Wildman–Crippen LogP) is 17.7. The maximum absolute atomic E-state index is 2.45. The van der Waals surface area contributed by atoms with Crippen molar-refractivity contribution in [2.75, 3.05) is 9.80 Å². The number of nitrogens with zero attached hydrogens (tertiary/aromatic N) is 2. The van der Waals surface area contributed by atoms with Gasteiger partial charge in [-0.15, -0.1) is 0 Å². The summed E-state index contributed by atoms with van der Waals surface area (Å²) in [4.78, 5) is 4.90. The molecule has 0 saturated carbocycles. The van der Waals surface area contributed by atoms with Gasteiger partial charge >= 0.3 is 0 Å². The van der Waals surface area contributed by atoms with Crippen molar-refractivity contribution < 1.29 is 0 Å². The molecule has 2 nitrogen and oxygen atoms in total. The molecule has 2 heteroatoms. The molecular weight excluding hydrogens is 773 g/mol.